The molecular weight excluding hydrogens is 344 g/mol. The fourth-order valence-corrected chi connectivity index (χ4v) is 5.36. The molecule has 134 valence electrons. The highest BCUT2D eigenvalue weighted by atomic mass is 16.1. The Morgan fingerprint density at radius 1 is 0.536 bits per heavy atom. The third-order valence-electron chi connectivity index (χ3n) is 6.58. The third kappa shape index (κ3) is 2.03. The predicted octanol–water partition coefficient (Wildman–Crippen LogP) is 6.03. The summed E-state index contributed by atoms with van der Waals surface area (Å²) in [5.41, 5.74) is 3.76. The summed E-state index contributed by atoms with van der Waals surface area (Å²) in [5, 5.41) is 4.20. The van der Waals surface area contributed by atoms with Gasteiger partial charge in [-0.3, -0.25) is 9.59 Å². The van der Waals surface area contributed by atoms with Crippen LogP contribution in [0.4, 0.5) is 0 Å². The van der Waals surface area contributed by atoms with Crippen molar-refractivity contribution in [2.45, 2.75) is 24.7 Å². The molecule has 0 saturated carbocycles. The summed E-state index contributed by atoms with van der Waals surface area (Å²) in [5.74, 6) is 0.556. The molecule has 2 unspecified atom stereocenters. The maximum absolute atomic E-state index is 13.2. The van der Waals surface area contributed by atoms with E-state index in [1.54, 1.807) is 0 Å². The Morgan fingerprint density at radius 2 is 0.964 bits per heavy atom. The zero-order chi connectivity index (χ0) is 18.8. The van der Waals surface area contributed by atoms with Crippen molar-refractivity contribution in [2.24, 2.45) is 0 Å². The normalized spacial score (nSPS) is 20.7. The lowest BCUT2D eigenvalue weighted by Crippen LogP contribution is -2.31. The maximum atomic E-state index is 13.2. The van der Waals surface area contributed by atoms with Crippen molar-refractivity contribution < 1.29 is 9.59 Å². The summed E-state index contributed by atoms with van der Waals surface area (Å²) >= 11 is 0. The van der Waals surface area contributed by atoms with Crippen molar-refractivity contribution in [1.82, 2.24) is 0 Å². The molecule has 4 aromatic carbocycles. The summed E-state index contributed by atoms with van der Waals surface area (Å²) in [6.07, 6.45) is 0.953. The second-order valence-corrected chi connectivity index (χ2v) is 7.97. The Kier molecular flexibility index (Phi) is 3.16. The first kappa shape index (κ1) is 15.8. The Labute approximate surface area is 162 Å². The quantitative estimate of drug-likeness (QED) is 0.382. The first-order valence-corrected chi connectivity index (χ1v) is 9.82. The summed E-state index contributed by atoms with van der Waals surface area (Å²) in [6, 6.07) is 24.4. The van der Waals surface area contributed by atoms with Gasteiger partial charge in [-0.2, -0.15) is 0 Å². The van der Waals surface area contributed by atoms with Gasteiger partial charge in [-0.15, -0.1) is 0 Å². The molecule has 0 amide bonds. The van der Waals surface area contributed by atoms with Gasteiger partial charge < -0.3 is 0 Å². The average molecular weight is 362 g/mol. The van der Waals surface area contributed by atoms with Crippen LogP contribution in [0, 0.1) is 0 Å². The van der Waals surface area contributed by atoms with E-state index in [0.29, 0.717) is 12.8 Å². The number of hydrogen-bond donors (Lipinski definition) is 0. The monoisotopic (exact) mass is 362 g/mol. The number of benzene rings is 4. The van der Waals surface area contributed by atoms with Crippen LogP contribution in [0.3, 0.4) is 0 Å². The molecule has 0 fully saturated rings. The van der Waals surface area contributed by atoms with E-state index in [9.17, 15) is 9.59 Å². The maximum Gasteiger partial charge on any atom is 0.164 e. The van der Waals surface area contributed by atoms with Crippen molar-refractivity contribution in [1.29, 1.82) is 0 Å². The van der Waals surface area contributed by atoms with E-state index in [1.165, 1.54) is 0 Å². The van der Waals surface area contributed by atoms with Crippen molar-refractivity contribution in [2.75, 3.05) is 0 Å². The second-order valence-electron chi connectivity index (χ2n) is 7.97. The smallest absolute Gasteiger partial charge is 0.164 e. The molecule has 0 bridgehead atoms. The molecule has 2 atom stereocenters. The van der Waals surface area contributed by atoms with Crippen LogP contribution >= 0.6 is 0 Å². The molecule has 0 aliphatic heterocycles. The minimum Gasteiger partial charge on any atom is -0.294 e. The summed E-state index contributed by atoms with van der Waals surface area (Å²) in [4.78, 5) is 26.4. The molecule has 0 N–H and O–H groups in total. The van der Waals surface area contributed by atoms with E-state index in [0.717, 1.165) is 43.8 Å². The van der Waals surface area contributed by atoms with Crippen LogP contribution in [0.25, 0.3) is 21.5 Å². The zero-order valence-electron chi connectivity index (χ0n) is 15.3. The zero-order valence-corrected chi connectivity index (χ0v) is 15.3. The summed E-state index contributed by atoms with van der Waals surface area (Å²) in [6.45, 7) is 0. The minimum atomic E-state index is 0.0819. The van der Waals surface area contributed by atoms with E-state index in [-0.39, 0.29) is 23.4 Å². The number of carbonyl (C=O) groups is 2. The minimum absolute atomic E-state index is 0.0819. The highest BCUT2D eigenvalue weighted by molar-refractivity contribution is 6.14. The molecular formula is C26H18O2. The second kappa shape index (κ2) is 5.62. The van der Waals surface area contributed by atoms with Gasteiger partial charge in [0, 0.05) is 24.0 Å². The molecule has 6 rings (SSSR count). The van der Waals surface area contributed by atoms with Crippen LogP contribution in [0.5, 0.6) is 0 Å². The molecule has 2 nitrogen and oxygen atoms in total. The van der Waals surface area contributed by atoms with Crippen LogP contribution in [-0.4, -0.2) is 11.6 Å². The average Bonchev–Trinajstić information content (AvgIpc) is 2.73. The van der Waals surface area contributed by atoms with Gasteiger partial charge in [0.1, 0.15) is 0 Å². The number of Topliss-reactive ketones (excluding diaryl/α,β-unsaturated/α-hetero) is 2. The van der Waals surface area contributed by atoms with E-state index < -0.39 is 0 Å². The first-order chi connectivity index (χ1) is 13.7. The lowest BCUT2D eigenvalue weighted by atomic mass is 9.64. The molecule has 0 aromatic heterocycles. The Bertz CT molecular complexity index is 1210. The highest BCUT2D eigenvalue weighted by Gasteiger charge is 2.42. The molecule has 0 heterocycles. The van der Waals surface area contributed by atoms with Gasteiger partial charge in [-0.25, -0.2) is 0 Å². The standard InChI is InChI=1S/C26H18O2/c27-23-13-22-20-12-10-16-6-2-4-8-18(16)26(20)24(28)14-21(22)19-11-9-15-5-1-3-7-17(15)25(19)23/h1-12,21-22H,13-14H2. The van der Waals surface area contributed by atoms with E-state index in [1.807, 2.05) is 48.5 Å². The molecule has 0 saturated heterocycles. The van der Waals surface area contributed by atoms with Crippen LogP contribution < -0.4 is 0 Å². The third-order valence-corrected chi connectivity index (χ3v) is 6.58. The summed E-state index contributed by atoms with van der Waals surface area (Å²) in [7, 11) is 0. The fourth-order valence-electron chi connectivity index (χ4n) is 5.36. The predicted molar refractivity (Wildman–Crippen MR) is 111 cm³/mol. The Morgan fingerprint density at radius 3 is 1.43 bits per heavy atom. The molecule has 2 aliphatic rings. The number of rotatable bonds is 0. The lowest BCUT2D eigenvalue weighted by Gasteiger charge is -2.38. The molecule has 0 spiro atoms. The summed E-state index contributed by atoms with van der Waals surface area (Å²) < 4.78 is 0. The van der Waals surface area contributed by atoms with Crippen LogP contribution in [0.1, 0.15) is 56.5 Å². The van der Waals surface area contributed by atoms with Gasteiger partial charge in [0.2, 0.25) is 0 Å². The number of carbonyl (C=O) groups excluding carboxylic acids is 2. The Balaban J connectivity index is 1.60. The van der Waals surface area contributed by atoms with Crippen molar-refractivity contribution in [3.05, 3.63) is 95.1 Å². The van der Waals surface area contributed by atoms with Gasteiger partial charge in [0.25, 0.3) is 0 Å². The van der Waals surface area contributed by atoms with Crippen LogP contribution in [0.15, 0.2) is 72.8 Å². The van der Waals surface area contributed by atoms with Crippen LogP contribution in [0.2, 0.25) is 0 Å². The van der Waals surface area contributed by atoms with Crippen molar-refractivity contribution >= 4 is 33.1 Å². The Hall–Kier alpha value is -3.26. The number of ketones is 2. The van der Waals surface area contributed by atoms with Crippen molar-refractivity contribution in [3.8, 4) is 0 Å². The van der Waals surface area contributed by atoms with Gasteiger partial charge in [-0.05, 0) is 44.5 Å². The molecule has 28 heavy (non-hydrogen) atoms. The number of hydrogen-bond acceptors (Lipinski definition) is 2. The van der Waals surface area contributed by atoms with E-state index in [2.05, 4.69) is 24.3 Å². The lowest BCUT2D eigenvalue weighted by molar-refractivity contribution is 0.0906. The van der Waals surface area contributed by atoms with Gasteiger partial charge in [0.15, 0.2) is 11.6 Å². The topological polar surface area (TPSA) is 34.1 Å². The first-order valence-electron chi connectivity index (χ1n) is 9.82. The van der Waals surface area contributed by atoms with Gasteiger partial charge in [-0.1, -0.05) is 72.8 Å². The molecule has 4 aromatic rings. The van der Waals surface area contributed by atoms with Crippen LogP contribution in [-0.2, 0) is 0 Å². The molecule has 2 aliphatic carbocycles. The van der Waals surface area contributed by atoms with E-state index >= 15 is 0 Å². The van der Waals surface area contributed by atoms with E-state index in [4.69, 9.17) is 0 Å². The largest absolute Gasteiger partial charge is 0.294 e. The van der Waals surface area contributed by atoms with Crippen molar-refractivity contribution in [3.63, 3.8) is 0 Å². The SMILES string of the molecule is O=C1CC2c3ccc4ccccc4c3C(=O)CC2c2ccc3ccccc3c21. The number of fused-ring (bicyclic) bond motifs is 9. The highest BCUT2D eigenvalue weighted by Crippen LogP contribution is 2.51. The van der Waals surface area contributed by atoms with Gasteiger partial charge >= 0.3 is 0 Å². The molecule has 2 heteroatoms. The fraction of sp³-hybridized carbons (Fsp3) is 0.154. The van der Waals surface area contributed by atoms with Gasteiger partial charge in [0.05, 0.1) is 0 Å². The molecule has 0 radical (unpaired) electrons.